The summed E-state index contributed by atoms with van der Waals surface area (Å²) in [5.74, 6) is 0. The van der Waals surface area contributed by atoms with E-state index >= 15 is 0 Å². The summed E-state index contributed by atoms with van der Waals surface area (Å²) in [5.41, 5.74) is 0.658. The molecule has 2 saturated heterocycles. The van der Waals surface area contributed by atoms with E-state index in [1.165, 1.54) is 39.0 Å². The van der Waals surface area contributed by atoms with Gasteiger partial charge in [0.05, 0.1) is 17.8 Å². The summed E-state index contributed by atoms with van der Waals surface area (Å²) in [6.45, 7) is 7.07. The maximum absolute atomic E-state index is 8.76. The molecule has 0 spiro atoms. The van der Waals surface area contributed by atoms with Gasteiger partial charge in [-0.2, -0.15) is 10.4 Å². The van der Waals surface area contributed by atoms with Crippen LogP contribution in [0, 0.1) is 11.3 Å². The summed E-state index contributed by atoms with van der Waals surface area (Å²) in [7, 11) is 0. The molecule has 0 aliphatic carbocycles. The van der Waals surface area contributed by atoms with E-state index in [0.717, 1.165) is 13.1 Å². The first-order valence-corrected chi connectivity index (χ1v) is 6.74. The smallest absolute Gasteiger partial charge is 0.102 e. The minimum absolute atomic E-state index is 0.464. The van der Waals surface area contributed by atoms with Crippen molar-refractivity contribution in [2.24, 2.45) is 0 Å². The molecular formula is C13H19N5. The van der Waals surface area contributed by atoms with Gasteiger partial charge in [0.25, 0.3) is 0 Å². The Morgan fingerprint density at radius 3 is 2.61 bits per heavy atom. The van der Waals surface area contributed by atoms with Crippen LogP contribution in [-0.2, 0) is 0 Å². The van der Waals surface area contributed by atoms with E-state index in [-0.39, 0.29) is 0 Å². The number of likely N-dealkylation sites (tertiary alicyclic amines) is 2. The molecule has 3 rings (SSSR count). The largest absolute Gasteiger partial charge is 0.302 e. The first kappa shape index (κ1) is 11.7. The van der Waals surface area contributed by atoms with Gasteiger partial charge in [-0.1, -0.05) is 0 Å². The molecule has 1 aromatic heterocycles. The second-order valence-corrected chi connectivity index (χ2v) is 5.28. The molecule has 1 aromatic rings. The fraction of sp³-hybridized carbons (Fsp3) is 0.692. The number of hydrogen-bond donors (Lipinski definition) is 0. The van der Waals surface area contributed by atoms with Gasteiger partial charge in [-0.15, -0.1) is 0 Å². The lowest BCUT2D eigenvalue weighted by molar-refractivity contribution is 0.0877. The van der Waals surface area contributed by atoms with Crippen LogP contribution in [0.1, 0.15) is 24.4 Å². The Kier molecular flexibility index (Phi) is 3.31. The lowest BCUT2D eigenvalue weighted by atomic mass is 10.1. The van der Waals surface area contributed by atoms with Gasteiger partial charge in [0, 0.05) is 32.4 Å². The van der Waals surface area contributed by atoms with Crippen molar-refractivity contribution in [3.8, 4) is 6.07 Å². The van der Waals surface area contributed by atoms with Gasteiger partial charge in [-0.3, -0.25) is 9.58 Å². The fourth-order valence-electron chi connectivity index (χ4n) is 2.78. The van der Waals surface area contributed by atoms with Gasteiger partial charge in [0.1, 0.15) is 6.07 Å². The predicted octanol–water partition coefficient (Wildman–Crippen LogP) is 0.707. The van der Waals surface area contributed by atoms with Crippen molar-refractivity contribution in [1.29, 1.82) is 5.26 Å². The molecule has 5 nitrogen and oxygen atoms in total. The van der Waals surface area contributed by atoms with Gasteiger partial charge >= 0.3 is 0 Å². The van der Waals surface area contributed by atoms with E-state index in [4.69, 9.17) is 5.26 Å². The summed E-state index contributed by atoms with van der Waals surface area (Å²) in [4.78, 5) is 5.02. The summed E-state index contributed by atoms with van der Waals surface area (Å²) in [6.07, 6.45) is 6.23. The number of nitriles is 1. The summed E-state index contributed by atoms with van der Waals surface area (Å²) in [6, 6.07) is 2.58. The first-order chi connectivity index (χ1) is 8.85. The Balaban J connectivity index is 1.41. The Bertz CT molecular complexity index is 434. The van der Waals surface area contributed by atoms with Crippen LogP contribution < -0.4 is 0 Å². The molecule has 0 N–H and O–H groups in total. The molecule has 5 heteroatoms. The summed E-state index contributed by atoms with van der Waals surface area (Å²) in [5, 5.41) is 13.0. The highest BCUT2D eigenvalue weighted by molar-refractivity contribution is 5.22. The molecular weight excluding hydrogens is 226 g/mol. The summed E-state index contributed by atoms with van der Waals surface area (Å²) < 4.78 is 1.94. The third kappa shape index (κ3) is 2.40. The topological polar surface area (TPSA) is 48.1 Å². The van der Waals surface area contributed by atoms with Gasteiger partial charge in [-0.05, 0) is 25.9 Å². The van der Waals surface area contributed by atoms with Crippen molar-refractivity contribution in [3.63, 3.8) is 0 Å². The first-order valence-electron chi connectivity index (χ1n) is 6.74. The molecule has 0 radical (unpaired) electrons. The number of hydrogen-bond acceptors (Lipinski definition) is 4. The van der Waals surface area contributed by atoms with E-state index in [1.807, 2.05) is 10.9 Å². The molecule has 0 bridgehead atoms. The van der Waals surface area contributed by atoms with E-state index < -0.39 is 0 Å². The lowest BCUT2D eigenvalue weighted by Gasteiger charge is -2.39. The van der Waals surface area contributed by atoms with Crippen molar-refractivity contribution >= 4 is 0 Å². The Hall–Kier alpha value is -1.38. The van der Waals surface area contributed by atoms with Crippen LogP contribution in [-0.4, -0.2) is 58.8 Å². The molecule has 96 valence electrons. The average Bonchev–Trinajstić information content (AvgIpc) is 2.97. The standard InChI is InChI=1S/C13H19N5/c14-7-12-8-15-18(9-12)13-10-17(11-13)6-5-16-3-1-2-4-16/h8-9,13H,1-6,10-11H2. The van der Waals surface area contributed by atoms with E-state index in [0.29, 0.717) is 11.6 Å². The Labute approximate surface area is 108 Å². The highest BCUT2D eigenvalue weighted by Gasteiger charge is 2.28. The van der Waals surface area contributed by atoms with E-state index in [2.05, 4.69) is 21.0 Å². The molecule has 2 fully saturated rings. The minimum atomic E-state index is 0.464. The molecule has 0 amide bonds. The SMILES string of the molecule is N#Cc1cnn(C2CN(CCN3CCCC3)C2)c1. The average molecular weight is 245 g/mol. The number of rotatable bonds is 4. The van der Waals surface area contributed by atoms with Crippen LogP contribution in [0.15, 0.2) is 12.4 Å². The molecule has 18 heavy (non-hydrogen) atoms. The quantitative estimate of drug-likeness (QED) is 0.784. The molecule has 3 heterocycles. The minimum Gasteiger partial charge on any atom is -0.302 e. The molecule has 0 aromatic carbocycles. The predicted molar refractivity (Wildman–Crippen MR) is 68.1 cm³/mol. The van der Waals surface area contributed by atoms with Crippen LogP contribution in [0.25, 0.3) is 0 Å². The fourth-order valence-corrected chi connectivity index (χ4v) is 2.78. The maximum atomic E-state index is 8.76. The Morgan fingerprint density at radius 1 is 1.22 bits per heavy atom. The third-order valence-corrected chi connectivity index (χ3v) is 3.97. The monoisotopic (exact) mass is 245 g/mol. The van der Waals surface area contributed by atoms with Crippen molar-refractivity contribution in [1.82, 2.24) is 19.6 Å². The van der Waals surface area contributed by atoms with Crippen LogP contribution in [0.2, 0.25) is 0 Å². The zero-order chi connectivity index (χ0) is 12.4. The molecule has 0 saturated carbocycles. The zero-order valence-corrected chi connectivity index (χ0v) is 10.6. The Morgan fingerprint density at radius 2 is 1.94 bits per heavy atom. The lowest BCUT2D eigenvalue weighted by Crippen LogP contribution is -2.50. The summed E-state index contributed by atoms with van der Waals surface area (Å²) >= 11 is 0. The van der Waals surface area contributed by atoms with Crippen LogP contribution in [0.4, 0.5) is 0 Å². The van der Waals surface area contributed by atoms with Crippen LogP contribution in [0.5, 0.6) is 0 Å². The van der Waals surface area contributed by atoms with E-state index in [9.17, 15) is 0 Å². The molecule has 2 aliphatic heterocycles. The zero-order valence-electron chi connectivity index (χ0n) is 10.6. The highest BCUT2D eigenvalue weighted by Crippen LogP contribution is 2.20. The molecule has 2 aliphatic rings. The normalized spacial score (nSPS) is 21.9. The van der Waals surface area contributed by atoms with Crippen molar-refractivity contribution in [3.05, 3.63) is 18.0 Å². The van der Waals surface area contributed by atoms with Crippen molar-refractivity contribution in [2.75, 3.05) is 39.3 Å². The van der Waals surface area contributed by atoms with Crippen LogP contribution >= 0.6 is 0 Å². The van der Waals surface area contributed by atoms with E-state index in [1.54, 1.807) is 6.20 Å². The van der Waals surface area contributed by atoms with Gasteiger partial charge in [-0.25, -0.2) is 0 Å². The number of nitrogens with zero attached hydrogens (tertiary/aromatic N) is 5. The van der Waals surface area contributed by atoms with Gasteiger partial charge in [0.2, 0.25) is 0 Å². The second kappa shape index (κ2) is 5.09. The maximum Gasteiger partial charge on any atom is 0.102 e. The highest BCUT2D eigenvalue weighted by atomic mass is 15.4. The second-order valence-electron chi connectivity index (χ2n) is 5.28. The van der Waals surface area contributed by atoms with Gasteiger partial charge in [0.15, 0.2) is 0 Å². The van der Waals surface area contributed by atoms with Crippen molar-refractivity contribution in [2.45, 2.75) is 18.9 Å². The number of aromatic nitrogens is 2. The molecule has 0 atom stereocenters. The third-order valence-electron chi connectivity index (χ3n) is 3.97. The molecule has 0 unspecified atom stereocenters. The van der Waals surface area contributed by atoms with Crippen molar-refractivity contribution < 1.29 is 0 Å². The van der Waals surface area contributed by atoms with Gasteiger partial charge < -0.3 is 4.90 Å². The van der Waals surface area contributed by atoms with Crippen LogP contribution in [0.3, 0.4) is 0 Å².